The Balaban J connectivity index is 2.04. The molecule has 2 heterocycles. The number of nitrogens with one attached hydrogen (secondary N) is 2. The van der Waals surface area contributed by atoms with Crippen molar-refractivity contribution in [2.24, 2.45) is 0 Å². The Kier molecular flexibility index (Phi) is 6.06. The van der Waals surface area contributed by atoms with Crippen LogP contribution < -0.4 is 5.32 Å². The lowest BCUT2D eigenvalue weighted by Crippen LogP contribution is -2.48. The van der Waals surface area contributed by atoms with Gasteiger partial charge in [-0.15, -0.1) is 0 Å². The molecule has 0 aliphatic carbocycles. The van der Waals surface area contributed by atoms with Crippen molar-refractivity contribution in [2.45, 2.75) is 58.0 Å². The van der Waals surface area contributed by atoms with E-state index >= 15 is 0 Å². The minimum Gasteiger partial charge on any atom is -0.358 e. The lowest BCUT2D eigenvalue weighted by molar-refractivity contribution is -0.127. The van der Waals surface area contributed by atoms with Crippen molar-refractivity contribution in [1.29, 1.82) is 0 Å². The number of amides is 1. The van der Waals surface area contributed by atoms with E-state index in [9.17, 15) is 4.79 Å². The Bertz CT molecular complexity index is 474. The maximum atomic E-state index is 12.0. The summed E-state index contributed by atoms with van der Waals surface area (Å²) in [5, 5.41) is 3.30. The van der Waals surface area contributed by atoms with E-state index in [4.69, 9.17) is 11.6 Å². The minimum atomic E-state index is -0.0535. The Labute approximate surface area is 131 Å². The number of imidazole rings is 1. The van der Waals surface area contributed by atoms with Gasteiger partial charge in [-0.05, 0) is 25.8 Å². The number of unbranched alkanes of at least 4 members (excludes halogenated alkanes) is 1. The number of H-pyrrole nitrogens is 1. The van der Waals surface area contributed by atoms with Crippen LogP contribution in [0.1, 0.15) is 50.5 Å². The predicted octanol–water partition coefficient (Wildman–Crippen LogP) is 2.51. The zero-order valence-corrected chi connectivity index (χ0v) is 13.7. The van der Waals surface area contributed by atoms with Crippen molar-refractivity contribution in [1.82, 2.24) is 20.2 Å². The number of hydrogen-bond acceptors (Lipinski definition) is 3. The molecule has 1 aliphatic rings. The van der Waals surface area contributed by atoms with Crippen molar-refractivity contribution in [2.75, 3.05) is 13.6 Å². The largest absolute Gasteiger partial charge is 0.358 e. The fourth-order valence-electron chi connectivity index (χ4n) is 2.85. The van der Waals surface area contributed by atoms with Crippen molar-refractivity contribution < 1.29 is 4.79 Å². The molecule has 2 N–H and O–H groups in total. The topological polar surface area (TPSA) is 61.0 Å². The molecule has 1 fully saturated rings. The molecule has 2 rings (SSSR count). The fourth-order valence-corrected chi connectivity index (χ4v) is 3.06. The average molecular weight is 313 g/mol. The third-order valence-corrected chi connectivity index (χ3v) is 4.38. The molecule has 1 aliphatic heterocycles. The summed E-state index contributed by atoms with van der Waals surface area (Å²) >= 11 is 6.23. The van der Waals surface area contributed by atoms with Gasteiger partial charge < -0.3 is 10.3 Å². The first kappa shape index (κ1) is 16.3. The first-order valence-corrected chi connectivity index (χ1v) is 8.22. The SMILES string of the molecule is CCCCc1nc(Cl)c(CN2CCCCC2C(=O)NC)[nH]1. The molecule has 5 nitrogen and oxygen atoms in total. The lowest BCUT2D eigenvalue weighted by atomic mass is 10.0. The van der Waals surface area contributed by atoms with E-state index in [-0.39, 0.29) is 11.9 Å². The predicted molar refractivity (Wildman–Crippen MR) is 84.3 cm³/mol. The van der Waals surface area contributed by atoms with Gasteiger partial charge in [-0.3, -0.25) is 9.69 Å². The van der Waals surface area contributed by atoms with E-state index in [1.165, 1.54) is 0 Å². The summed E-state index contributed by atoms with van der Waals surface area (Å²) < 4.78 is 0. The summed E-state index contributed by atoms with van der Waals surface area (Å²) in [6.07, 6.45) is 6.31. The summed E-state index contributed by atoms with van der Waals surface area (Å²) in [5.74, 6) is 1.04. The quantitative estimate of drug-likeness (QED) is 0.848. The molecule has 0 spiro atoms. The maximum absolute atomic E-state index is 12.0. The van der Waals surface area contributed by atoms with Crippen molar-refractivity contribution >= 4 is 17.5 Å². The summed E-state index contributed by atoms with van der Waals surface area (Å²) in [6, 6.07) is -0.0535. The monoisotopic (exact) mass is 312 g/mol. The number of nitrogens with zero attached hydrogens (tertiary/aromatic N) is 2. The molecular weight excluding hydrogens is 288 g/mol. The molecule has 1 atom stereocenters. The highest BCUT2D eigenvalue weighted by atomic mass is 35.5. The molecule has 0 bridgehead atoms. The van der Waals surface area contributed by atoms with E-state index in [2.05, 4.69) is 27.1 Å². The van der Waals surface area contributed by atoms with E-state index in [1.807, 2.05) is 0 Å². The van der Waals surface area contributed by atoms with E-state index < -0.39 is 0 Å². The van der Waals surface area contributed by atoms with Gasteiger partial charge in [0, 0.05) is 20.0 Å². The van der Waals surface area contributed by atoms with Crippen molar-refractivity contribution in [3.63, 3.8) is 0 Å². The molecule has 0 radical (unpaired) electrons. The van der Waals surface area contributed by atoms with Gasteiger partial charge in [0.15, 0.2) is 5.15 Å². The Morgan fingerprint density at radius 3 is 3.05 bits per heavy atom. The van der Waals surface area contributed by atoms with Crippen LogP contribution in [0.5, 0.6) is 0 Å². The second kappa shape index (κ2) is 7.80. The number of aromatic nitrogens is 2. The number of piperidine rings is 1. The fraction of sp³-hybridized carbons (Fsp3) is 0.733. The highest BCUT2D eigenvalue weighted by Gasteiger charge is 2.28. The lowest BCUT2D eigenvalue weighted by Gasteiger charge is -2.33. The Hall–Kier alpha value is -1.07. The zero-order chi connectivity index (χ0) is 15.2. The first-order chi connectivity index (χ1) is 10.2. The molecule has 1 aromatic heterocycles. The number of carbonyl (C=O) groups excluding carboxylic acids is 1. The summed E-state index contributed by atoms with van der Waals surface area (Å²) in [5.41, 5.74) is 0.929. The molecular formula is C15H25ClN4O. The summed E-state index contributed by atoms with van der Waals surface area (Å²) in [7, 11) is 1.70. The van der Waals surface area contributed by atoms with Crippen LogP contribution in [-0.2, 0) is 17.8 Å². The first-order valence-electron chi connectivity index (χ1n) is 7.84. The number of likely N-dealkylation sites (N-methyl/N-ethyl adjacent to an activating group) is 1. The molecule has 1 saturated heterocycles. The Morgan fingerprint density at radius 1 is 1.52 bits per heavy atom. The number of aryl methyl sites for hydroxylation is 1. The molecule has 0 saturated carbocycles. The molecule has 118 valence electrons. The molecule has 1 aromatic rings. The average Bonchev–Trinajstić information content (AvgIpc) is 2.85. The smallest absolute Gasteiger partial charge is 0.237 e. The third-order valence-electron chi connectivity index (χ3n) is 4.07. The van der Waals surface area contributed by atoms with Gasteiger partial charge in [-0.1, -0.05) is 31.4 Å². The van der Waals surface area contributed by atoms with Gasteiger partial charge in [0.2, 0.25) is 5.91 Å². The number of likely N-dealkylation sites (tertiary alicyclic amines) is 1. The molecule has 6 heteroatoms. The van der Waals surface area contributed by atoms with Crippen LogP contribution in [0, 0.1) is 0 Å². The van der Waals surface area contributed by atoms with Crippen LogP contribution in [0.3, 0.4) is 0 Å². The number of hydrogen-bond donors (Lipinski definition) is 2. The summed E-state index contributed by atoms with van der Waals surface area (Å²) in [4.78, 5) is 21.9. The standard InChI is InChI=1S/C15H25ClN4O/c1-3-4-8-13-18-11(14(16)19-13)10-20-9-6-5-7-12(20)15(21)17-2/h12H,3-10H2,1-2H3,(H,17,21)(H,18,19). The van der Waals surface area contributed by atoms with Gasteiger partial charge in [0.1, 0.15) is 5.82 Å². The van der Waals surface area contributed by atoms with E-state index in [0.29, 0.717) is 11.7 Å². The van der Waals surface area contributed by atoms with Gasteiger partial charge in [0.05, 0.1) is 11.7 Å². The van der Waals surface area contributed by atoms with Gasteiger partial charge >= 0.3 is 0 Å². The Morgan fingerprint density at radius 2 is 2.33 bits per heavy atom. The second-order valence-electron chi connectivity index (χ2n) is 5.65. The van der Waals surface area contributed by atoms with Crippen LogP contribution in [0.4, 0.5) is 0 Å². The van der Waals surface area contributed by atoms with Gasteiger partial charge in [-0.2, -0.15) is 0 Å². The number of carbonyl (C=O) groups is 1. The van der Waals surface area contributed by atoms with Crippen LogP contribution in [0.2, 0.25) is 5.15 Å². The molecule has 21 heavy (non-hydrogen) atoms. The summed E-state index contributed by atoms with van der Waals surface area (Å²) in [6.45, 7) is 3.75. The number of aromatic amines is 1. The van der Waals surface area contributed by atoms with Gasteiger partial charge in [-0.25, -0.2) is 4.98 Å². The van der Waals surface area contributed by atoms with Crippen LogP contribution in [0.25, 0.3) is 0 Å². The highest BCUT2D eigenvalue weighted by Crippen LogP contribution is 2.22. The van der Waals surface area contributed by atoms with Crippen molar-refractivity contribution in [3.05, 3.63) is 16.7 Å². The molecule has 0 aromatic carbocycles. The van der Waals surface area contributed by atoms with Crippen LogP contribution in [0.15, 0.2) is 0 Å². The molecule has 1 amide bonds. The third kappa shape index (κ3) is 4.20. The zero-order valence-electron chi connectivity index (χ0n) is 12.9. The van der Waals surface area contributed by atoms with E-state index in [1.54, 1.807) is 7.05 Å². The van der Waals surface area contributed by atoms with Crippen LogP contribution >= 0.6 is 11.6 Å². The number of halogens is 1. The molecule has 1 unspecified atom stereocenters. The van der Waals surface area contributed by atoms with Crippen LogP contribution in [-0.4, -0.2) is 40.4 Å². The number of rotatable bonds is 6. The second-order valence-corrected chi connectivity index (χ2v) is 6.01. The van der Waals surface area contributed by atoms with Gasteiger partial charge in [0.25, 0.3) is 0 Å². The highest BCUT2D eigenvalue weighted by molar-refractivity contribution is 6.30. The maximum Gasteiger partial charge on any atom is 0.237 e. The normalized spacial score (nSPS) is 19.7. The minimum absolute atomic E-state index is 0.0535. The van der Waals surface area contributed by atoms with E-state index in [0.717, 1.165) is 56.6 Å². The van der Waals surface area contributed by atoms with Crippen molar-refractivity contribution in [3.8, 4) is 0 Å².